The molecule has 1 aromatic carbocycles. The molecule has 1 aromatic rings. The molecule has 3 nitrogen and oxygen atoms in total. The molecule has 0 radical (unpaired) electrons. The molecule has 1 aliphatic heterocycles. The highest BCUT2D eigenvalue weighted by atomic mass is 35.5. The molecular formula is C9H10ClN3. The van der Waals surface area contributed by atoms with Gasteiger partial charge in [-0.3, -0.25) is 10.4 Å². The third-order valence-corrected chi connectivity index (χ3v) is 2.22. The zero-order valence-corrected chi connectivity index (χ0v) is 7.75. The van der Waals surface area contributed by atoms with Crippen molar-refractivity contribution in [1.29, 1.82) is 0 Å². The van der Waals surface area contributed by atoms with Crippen LogP contribution in [0.25, 0.3) is 0 Å². The Balaban J connectivity index is 2.23. The second-order valence-corrected chi connectivity index (χ2v) is 3.24. The smallest absolute Gasteiger partial charge is 0.113 e. The van der Waals surface area contributed by atoms with Crippen LogP contribution in [0.2, 0.25) is 5.02 Å². The largest absolute Gasteiger partial charge is 0.384 e. The number of halogens is 1. The van der Waals surface area contributed by atoms with E-state index in [2.05, 4.69) is 5.43 Å². The minimum Gasteiger partial charge on any atom is -0.384 e. The van der Waals surface area contributed by atoms with Gasteiger partial charge >= 0.3 is 0 Å². The lowest BCUT2D eigenvalue weighted by Crippen LogP contribution is -2.34. The number of nitrogens with one attached hydrogen (secondary N) is 1. The first kappa shape index (κ1) is 8.26. The lowest BCUT2D eigenvalue weighted by molar-refractivity contribution is 0.797. The van der Waals surface area contributed by atoms with Crippen molar-refractivity contribution in [2.45, 2.75) is 0 Å². The fourth-order valence-electron chi connectivity index (χ4n) is 1.27. The van der Waals surface area contributed by atoms with Gasteiger partial charge in [-0.25, -0.2) is 0 Å². The highest BCUT2D eigenvalue weighted by Gasteiger charge is 2.13. The average molecular weight is 196 g/mol. The van der Waals surface area contributed by atoms with Crippen molar-refractivity contribution >= 4 is 17.3 Å². The fraction of sp³-hybridized carbons (Fsp3) is 0.111. The first-order valence-corrected chi connectivity index (χ1v) is 4.39. The van der Waals surface area contributed by atoms with Gasteiger partial charge in [0.1, 0.15) is 5.82 Å². The Labute approximate surface area is 81.8 Å². The minimum atomic E-state index is 0.667. The molecule has 0 amide bonds. The second-order valence-electron chi connectivity index (χ2n) is 2.83. The number of para-hydroxylation sites is 1. The van der Waals surface area contributed by atoms with Crippen LogP contribution >= 0.6 is 11.6 Å². The Bertz CT molecular complexity index is 348. The summed E-state index contributed by atoms with van der Waals surface area (Å²) in [5.41, 5.74) is 9.52. The molecule has 0 spiro atoms. The third kappa shape index (κ3) is 1.55. The lowest BCUT2D eigenvalue weighted by Gasteiger charge is -2.20. The van der Waals surface area contributed by atoms with Crippen LogP contribution in [0.15, 0.2) is 36.2 Å². The van der Waals surface area contributed by atoms with Crippen LogP contribution in [0.1, 0.15) is 0 Å². The van der Waals surface area contributed by atoms with Crippen molar-refractivity contribution in [2.75, 3.05) is 11.6 Å². The Morgan fingerprint density at radius 3 is 2.77 bits per heavy atom. The van der Waals surface area contributed by atoms with E-state index in [9.17, 15) is 0 Å². The Morgan fingerprint density at radius 1 is 1.38 bits per heavy atom. The fourth-order valence-corrected chi connectivity index (χ4v) is 1.50. The second kappa shape index (κ2) is 3.18. The Morgan fingerprint density at radius 2 is 2.15 bits per heavy atom. The van der Waals surface area contributed by atoms with Crippen LogP contribution in [0, 0.1) is 0 Å². The molecule has 0 aliphatic carbocycles. The van der Waals surface area contributed by atoms with Crippen LogP contribution in [0.4, 0.5) is 5.69 Å². The quantitative estimate of drug-likeness (QED) is 0.713. The normalized spacial score (nSPS) is 15.5. The van der Waals surface area contributed by atoms with Crippen molar-refractivity contribution in [3.05, 3.63) is 41.2 Å². The van der Waals surface area contributed by atoms with Crippen molar-refractivity contribution in [1.82, 2.24) is 5.43 Å². The monoisotopic (exact) mass is 195 g/mol. The zero-order valence-electron chi connectivity index (χ0n) is 7.00. The van der Waals surface area contributed by atoms with E-state index in [0.29, 0.717) is 5.82 Å². The summed E-state index contributed by atoms with van der Waals surface area (Å²) >= 11 is 6.01. The standard InChI is InChI=1S/C9H10ClN3/c10-7-3-1-2-4-8(7)13-6-5-9(11)12-13/h1-5,12H,6,11H2. The van der Waals surface area contributed by atoms with Crippen molar-refractivity contribution in [3.8, 4) is 0 Å². The molecule has 13 heavy (non-hydrogen) atoms. The van der Waals surface area contributed by atoms with Gasteiger partial charge in [0.25, 0.3) is 0 Å². The molecule has 1 aliphatic rings. The molecule has 0 saturated heterocycles. The van der Waals surface area contributed by atoms with Crippen LogP contribution in [0.3, 0.4) is 0 Å². The lowest BCUT2D eigenvalue weighted by atomic mass is 10.3. The molecule has 3 N–H and O–H groups in total. The number of hydrogen-bond acceptors (Lipinski definition) is 3. The van der Waals surface area contributed by atoms with E-state index in [1.807, 2.05) is 35.4 Å². The molecule has 0 bridgehead atoms. The van der Waals surface area contributed by atoms with Crippen LogP contribution in [0.5, 0.6) is 0 Å². The summed E-state index contributed by atoms with van der Waals surface area (Å²) in [7, 11) is 0. The van der Waals surface area contributed by atoms with Crippen LogP contribution < -0.4 is 16.2 Å². The van der Waals surface area contributed by atoms with E-state index < -0.39 is 0 Å². The first-order valence-electron chi connectivity index (χ1n) is 4.02. The number of rotatable bonds is 1. The van der Waals surface area contributed by atoms with E-state index in [4.69, 9.17) is 17.3 Å². The van der Waals surface area contributed by atoms with E-state index in [1.165, 1.54) is 0 Å². The molecule has 2 rings (SSSR count). The predicted molar refractivity (Wildman–Crippen MR) is 54.2 cm³/mol. The summed E-state index contributed by atoms with van der Waals surface area (Å²) < 4.78 is 0. The molecule has 0 unspecified atom stereocenters. The van der Waals surface area contributed by atoms with Gasteiger partial charge in [-0.15, -0.1) is 0 Å². The van der Waals surface area contributed by atoms with E-state index in [-0.39, 0.29) is 0 Å². The molecule has 0 saturated carbocycles. The van der Waals surface area contributed by atoms with Gasteiger partial charge < -0.3 is 5.73 Å². The van der Waals surface area contributed by atoms with E-state index in [0.717, 1.165) is 17.3 Å². The van der Waals surface area contributed by atoms with Gasteiger partial charge in [0.15, 0.2) is 0 Å². The maximum absolute atomic E-state index is 6.01. The summed E-state index contributed by atoms with van der Waals surface area (Å²) in [6, 6.07) is 7.64. The number of nitrogens with zero attached hydrogens (tertiary/aromatic N) is 1. The maximum Gasteiger partial charge on any atom is 0.113 e. The summed E-state index contributed by atoms with van der Waals surface area (Å²) in [5.74, 6) is 0.667. The van der Waals surface area contributed by atoms with Crippen LogP contribution in [-0.4, -0.2) is 6.54 Å². The van der Waals surface area contributed by atoms with Crippen molar-refractivity contribution < 1.29 is 0 Å². The predicted octanol–water partition coefficient (Wildman–Crippen LogP) is 1.46. The van der Waals surface area contributed by atoms with Gasteiger partial charge in [-0.05, 0) is 18.2 Å². The summed E-state index contributed by atoms with van der Waals surface area (Å²) in [6.07, 6.45) is 1.91. The van der Waals surface area contributed by atoms with Gasteiger partial charge in [0, 0.05) is 0 Å². The molecule has 0 aromatic heterocycles. The highest BCUT2D eigenvalue weighted by molar-refractivity contribution is 6.33. The van der Waals surface area contributed by atoms with Gasteiger partial charge in [0.05, 0.1) is 17.3 Å². The molecule has 4 heteroatoms. The number of benzene rings is 1. The van der Waals surface area contributed by atoms with Crippen molar-refractivity contribution in [2.24, 2.45) is 5.73 Å². The van der Waals surface area contributed by atoms with Gasteiger partial charge in [-0.2, -0.15) is 0 Å². The number of hydrogen-bond donors (Lipinski definition) is 2. The number of hydrazine groups is 1. The summed E-state index contributed by atoms with van der Waals surface area (Å²) in [4.78, 5) is 0. The maximum atomic E-state index is 6.01. The summed E-state index contributed by atoms with van der Waals surface area (Å²) in [6.45, 7) is 0.746. The van der Waals surface area contributed by atoms with Crippen molar-refractivity contribution in [3.63, 3.8) is 0 Å². The number of nitrogens with two attached hydrogens (primary N) is 1. The highest BCUT2D eigenvalue weighted by Crippen LogP contribution is 2.25. The van der Waals surface area contributed by atoms with Gasteiger partial charge in [0.2, 0.25) is 0 Å². The third-order valence-electron chi connectivity index (χ3n) is 1.90. The van der Waals surface area contributed by atoms with Gasteiger partial charge in [-0.1, -0.05) is 23.7 Å². The summed E-state index contributed by atoms with van der Waals surface area (Å²) in [5, 5.41) is 2.62. The average Bonchev–Trinajstić information content (AvgIpc) is 2.53. The van der Waals surface area contributed by atoms with E-state index >= 15 is 0 Å². The van der Waals surface area contributed by atoms with E-state index in [1.54, 1.807) is 0 Å². The number of anilines is 1. The molecule has 1 heterocycles. The molecule has 68 valence electrons. The molecule has 0 fully saturated rings. The Hall–Kier alpha value is -1.35. The topological polar surface area (TPSA) is 41.3 Å². The molecular weight excluding hydrogens is 186 g/mol. The van der Waals surface area contributed by atoms with Crippen LogP contribution in [-0.2, 0) is 0 Å². The Kier molecular flexibility index (Phi) is 2.02. The first-order chi connectivity index (χ1) is 6.27. The molecule has 0 atom stereocenters. The minimum absolute atomic E-state index is 0.667. The zero-order chi connectivity index (χ0) is 9.26. The SMILES string of the molecule is NC1=CCN(c2ccccc2Cl)N1.